The van der Waals surface area contributed by atoms with Gasteiger partial charge in [-0.05, 0) is 43.2 Å². The maximum Gasteiger partial charge on any atom is 0.290 e. The molecule has 1 heterocycles. The lowest BCUT2D eigenvalue weighted by molar-refractivity contribution is -0.155. The van der Waals surface area contributed by atoms with Crippen molar-refractivity contribution >= 4 is 18.3 Å². The van der Waals surface area contributed by atoms with Crippen LogP contribution in [0.4, 0.5) is 0 Å². The molecule has 8 nitrogen and oxygen atoms in total. The monoisotopic (exact) mass is 428 g/mol. The summed E-state index contributed by atoms with van der Waals surface area (Å²) in [5.41, 5.74) is 1.03. The standard InChI is InChI=1S/C22H26N2O4.CH2O2/c1-17-22(26)23(15-18-7-4-3-5-8-18)16-21(25)24(17)13-6-14-28-20-11-9-19(27-2)10-12-20;2-1-3/h3-5,7-12,17H,6,13-16H2,1-2H3;1H,(H,2,3)/t17-;/m0./s1. The number of ether oxygens (including phenoxy) is 2. The molecule has 0 aromatic heterocycles. The van der Waals surface area contributed by atoms with Crippen LogP contribution in [-0.4, -0.2) is 66.0 Å². The van der Waals surface area contributed by atoms with Gasteiger partial charge in [0.15, 0.2) is 0 Å². The van der Waals surface area contributed by atoms with E-state index in [0.29, 0.717) is 26.1 Å². The minimum absolute atomic E-state index is 0.0143. The number of hydrogen-bond acceptors (Lipinski definition) is 5. The predicted molar refractivity (Wildman–Crippen MR) is 115 cm³/mol. The zero-order valence-electron chi connectivity index (χ0n) is 17.8. The lowest BCUT2D eigenvalue weighted by atomic mass is 10.1. The quantitative estimate of drug-likeness (QED) is 0.512. The van der Waals surface area contributed by atoms with E-state index in [2.05, 4.69) is 0 Å². The highest BCUT2D eigenvalue weighted by atomic mass is 16.5. The first kappa shape index (κ1) is 23.7. The Kier molecular flexibility index (Phi) is 9.35. The molecule has 2 aromatic carbocycles. The van der Waals surface area contributed by atoms with E-state index in [4.69, 9.17) is 19.4 Å². The molecule has 3 rings (SSSR count). The molecule has 166 valence electrons. The highest BCUT2D eigenvalue weighted by molar-refractivity contribution is 5.94. The Morgan fingerprint density at radius 1 is 1.06 bits per heavy atom. The van der Waals surface area contributed by atoms with Crippen LogP contribution in [0.25, 0.3) is 0 Å². The van der Waals surface area contributed by atoms with Crippen molar-refractivity contribution in [1.29, 1.82) is 0 Å². The number of carboxylic acid groups (broad SMARTS) is 1. The van der Waals surface area contributed by atoms with Crippen LogP contribution in [0.2, 0.25) is 0 Å². The third-order valence-corrected chi connectivity index (χ3v) is 4.87. The summed E-state index contributed by atoms with van der Waals surface area (Å²) in [7, 11) is 1.62. The minimum atomic E-state index is -0.453. The Morgan fingerprint density at radius 3 is 2.29 bits per heavy atom. The third kappa shape index (κ3) is 7.02. The molecule has 0 bridgehead atoms. The second-order valence-corrected chi connectivity index (χ2v) is 6.93. The first-order valence-corrected chi connectivity index (χ1v) is 9.97. The van der Waals surface area contributed by atoms with Crippen molar-refractivity contribution in [3.05, 3.63) is 60.2 Å². The van der Waals surface area contributed by atoms with Crippen molar-refractivity contribution in [2.75, 3.05) is 26.8 Å². The molecule has 1 atom stereocenters. The van der Waals surface area contributed by atoms with Gasteiger partial charge in [-0.3, -0.25) is 14.4 Å². The van der Waals surface area contributed by atoms with Crippen LogP contribution in [0.3, 0.4) is 0 Å². The molecule has 0 radical (unpaired) electrons. The maximum absolute atomic E-state index is 12.7. The second-order valence-electron chi connectivity index (χ2n) is 6.93. The number of nitrogens with zero attached hydrogens (tertiary/aromatic N) is 2. The number of methoxy groups -OCH3 is 1. The fraction of sp³-hybridized carbons (Fsp3) is 0.348. The van der Waals surface area contributed by atoms with Crippen LogP contribution < -0.4 is 9.47 Å². The second kappa shape index (κ2) is 12.2. The molecule has 0 unspecified atom stereocenters. The number of carbonyl (C=O) groups excluding carboxylic acids is 2. The van der Waals surface area contributed by atoms with Crippen molar-refractivity contribution in [2.45, 2.75) is 25.9 Å². The molecule has 1 fully saturated rings. The molecule has 0 spiro atoms. The Labute approximate surface area is 182 Å². The normalized spacial score (nSPS) is 15.7. The summed E-state index contributed by atoms with van der Waals surface area (Å²) in [4.78, 5) is 36.9. The number of piperazine rings is 1. The first-order valence-electron chi connectivity index (χ1n) is 9.97. The van der Waals surface area contributed by atoms with E-state index >= 15 is 0 Å². The summed E-state index contributed by atoms with van der Waals surface area (Å²) in [6.45, 7) is 3.11. The Morgan fingerprint density at radius 2 is 1.68 bits per heavy atom. The van der Waals surface area contributed by atoms with Gasteiger partial charge in [0.25, 0.3) is 6.47 Å². The molecule has 1 saturated heterocycles. The van der Waals surface area contributed by atoms with Crippen molar-refractivity contribution in [3.8, 4) is 11.5 Å². The van der Waals surface area contributed by atoms with E-state index in [1.807, 2.05) is 54.6 Å². The maximum atomic E-state index is 12.7. The van der Waals surface area contributed by atoms with Gasteiger partial charge in [0.2, 0.25) is 11.8 Å². The zero-order chi connectivity index (χ0) is 22.6. The Bertz CT molecular complexity index is 841. The predicted octanol–water partition coefficient (Wildman–Crippen LogP) is 2.42. The summed E-state index contributed by atoms with van der Waals surface area (Å²) >= 11 is 0. The fourth-order valence-electron chi connectivity index (χ4n) is 3.30. The van der Waals surface area contributed by atoms with E-state index < -0.39 is 6.04 Å². The highest BCUT2D eigenvalue weighted by Crippen LogP contribution is 2.18. The highest BCUT2D eigenvalue weighted by Gasteiger charge is 2.35. The Balaban J connectivity index is 0.00000107. The average Bonchev–Trinajstić information content (AvgIpc) is 2.78. The summed E-state index contributed by atoms with van der Waals surface area (Å²) in [6, 6.07) is 16.6. The number of carbonyl (C=O) groups is 3. The molecule has 8 heteroatoms. The van der Waals surface area contributed by atoms with Gasteiger partial charge in [0, 0.05) is 13.1 Å². The third-order valence-electron chi connectivity index (χ3n) is 4.87. The van der Waals surface area contributed by atoms with Crippen LogP contribution in [0.5, 0.6) is 11.5 Å². The molecule has 2 aromatic rings. The van der Waals surface area contributed by atoms with E-state index in [1.54, 1.807) is 23.8 Å². The van der Waals surface area contributed by atoms with E-state index in [9.17, 15) is 9.59 Å². The molecular weight excluding hydrogens is 400 g/mol. The zero-order valence-corrected chi connectivity index (χ0v) is 17.8. The number of hydrogen-bond donors (Lipinski definition) is 1. The van der Waals surface area contributed by atoms with E-state index in [1.165, 1.54) is 0 Å². The molecule has 1 N–H and O–H groups in total. The lowest BCUT2D eigenvalue weighted by Gasteiger charge is -2.38. The van der Waals surface area contributed by atoms with Crippen molar-refractivity contribution in [2.24, 2.45) is 0 Å². The first-order chi connectivity index (χ1) is 15.0. The molecular formula is C23H28N2O6. The van der Waals surface area contributed by atoms with Crippen molar-refractivity contribution in [3.63, 3.8) is 0 Å². The summed E-state index contributed by atoms with van der Waals surface area (Å²) in [5, 5.41) is 6.89. The van der Waals surface area contributed by atoms with Crippen LogP contribution in [0.1, 0.15) is 18.9 Å². The van der Waals surface area contributed by atoms with Gasteiger partial charge >= 0.3 is 0 Å². The molecule has 31 heavy (non-hydrogen) atoms. The van der Waals surface area contributed by atoms with E-state index in [-0.39, 0.29) is 24.8 Å². The molecule has 0 aliphatic carbocycles. The fourth-order valence-corrected chi connectivity index (χ4v) is 3.30. The number of amides is 2. The largest absolute Gasteiger partial charge is 0.497 e. The number of benzene rings is 2. The van der Waals surface area contributed by atoms with Crippen LogP contribution >= 0.6 is 0 Å². The molecule has 2 amide bonds. The van der Waals surface area contributed by atoms with Gasteiger partial charge in [0.05, 0.1) is 13.7 Å². The minimum Gasteiger partial charge on any atom is -0.497 e. The van der Waals surface area contributed by atoms with Gasteiger partial charge in [0.1, 0.15) is 24.1 Å². The van der Waals surface area contributed by atoms with Gasteiger partial charge in [-0.15, -0.1) is 0 Å². The SMILES string of the molecule is COc1ccc(OCCCN2C(=O)CN(Cc3ccccc3)C(=O)[C@@H]2C)cc1.O=CO. The molecule has 0 saturated carbocycles. The summed E-state index contributed by atoms with van der Waals surface area (Å²) in [5.74, 6) is 1.49. The van der Waals surface area contributed by atoms with Crippen molar-refractivity contribution in [1.82, 2.24) is 9.80 Å². The average molecular weight is 428 g/mol. The van der Waals surface area contributed by atoms with Crippen molar-refractivity contribution < 1.29 is 29.0 Å². The van der Waals surface area contributed by atoms with Crippen LogP contribution in [0, 0.1) is 0 Å². The van der Waals surface area contributed by atoms with Gasteiger partial charge in [-0.1, -0.05) is 30.3 Å². The summed E-state index contributed by atoms with van der Waals surface area (Å²) < 4.78 is 10.8. The molecule has 1 aliphatic rings. The molecule has 1 aliphatic heterocycles. The van der Waals surface area contributed by atoms with Gasteiger partial charge < -0.3 is 24.4 Å². The topological polar surface area (TPSA) is 96.4 Å². The van der Waals surface area contributed by atoms with E-state index in [0.717, 1.165) is 17.1 Å². The number of rotatable bonds is 8. The van der Waals surface area contributed by atoms with Crippen LogP contribution in [-0.2, 0) is 20.9 Å². The van der Waals surface area contributed by atoms with Gasteiger partial charge in [-0.2, -0.15) is 0 Å². The Hall–Kier alpha value is -3.55. The van der Waals surface area contributed by atoms with Gasteiger partial charge in [-0.25, -0.2) is 0 Å². The smallest absolute Gasteiger partial charge is 0.290 e. The van der Waals surface area contributed by atoms with Crippen LogP contribution in [0.15, 0.2) is 54.6 Å². The summed E-state index contributed by atoms with van der Waals surface area (Å²) in [6.07, 6.45) is 0.661. The lowest BCUT2D eigenvalue weighted by Crippen LogP contribution is -2.58.